The van der Waals surface area contributed by atoms with Gasteiger partial charge in [0.15, 0.2) is 10.8 Å². The number of benzene rings is 1. The molecule has 0 bridgehead atoms. The number of hydrogen-bond donors (Lipinski definition) is 2. The van der Waals surface area contributed by atoms with E-state index in [1.807, 2.05) is 6.92 Å². The van der Waals surface area contributed by atoms with Gasteiger partial charge in [0.2, 0.25) is 0 Å². The zero-order valence-electron chi connectivity index (χ0n) is 17.9. The fraction of sp³-hybridized carbons (Fsp3) is 0.381. The summed E-state index contributed by atoms with van der Waals surface area (Å²) < 4.78 is 6.63. The van der Waals surface area contributed by atoms with Crippen LogP contribution in [-0.2, 0) is 11.3 Å². The lowest BCUT2D eigenvalue weighted by atomic mass is 10.1. The highest BCUT2D eigenvalue weighted by atomic mass is 32.1. The number of nitrogens with one attached hydrogen (secondary N) is 2. The van der Waals surface area contributed by atoms with E-state index in [4.69, 9.17) is 4.74 Å². The topological polar surface area (TPSA) is 118 Å². The molecule has 1 saturated heterocycles. The molecule has 2 amide bonds. The molecule has 0 unspecified atom stereocenters. The van der Waals surface area contributed by atoms with Crippen molar-refractivity contribution in [1.82, 2.24) is 25.6 Å². The maximum atomic E-state index is 12.9. The molecular formula is C21H24N6O4S. The first kappa shape index (κ1) is 21.9. The van der Waals surface area contributed by atoms with Gasteiger partial charge in [0, 0.05) is 25.0 Å². The second kappa shape index (κ2) is 9.45. The summed E-state index contributed by atoms with van der Waals surface area (Å²) in [4.78, 5) is 45.1. The molecule has 11 heteroatoms. The van der Waals surface area contributed by atoms with Gasteiger partial charge in [0.25, 0.3) is 17.4 Å². The summed E-state index contributed by atoms with van der Waals surface area (Å²) >= 11 is 1.27. The Morgan fingerprint density at radius 2 is 1.81 bits per heavy atom. The van der Waals surface area contributed by atoms with Gasteiger partial charge in [-0.05, 0) is 19.4 Å². The number of carbonyl (C=O) groups excluding carboxylic acids is 2. The Balaban J connectivity index is 1.52. The Morgan fingerprint density at radius 3 is 2.53 bits per heavy atom. The van der Waals surface area contributed by atoms with Gasteiger partial charge in [0.05, 0.1) is 24.3 Å². The van der Waals surface area contributed by atoms with Crippen LogP contribution >= 0.6 is 11.3 Å². The van der Waals surface area contributed by atoms with Crippen LogP contribution in [0.15, 0.2) is 29.1 Å². The number of aryl methyl sites for hydroxylation is 2. The third-order valence-electron chi connectivity index (χ3n) is 5.08. The second-order valence-corrected chi connectivity index (χ2v) is 8.32. The quantitative estimate of drug-likeness (QED) is 0.558. The van der Waals surface area contributed by atoms with Crippen molar-refractivity contribution in [1.29, 1.82) is 0 Å². The van der Waals surface area contributed by atoms with Gasteiger partial charge in [-0.1, -0.05) is 36.5 Å². The van der Waals surface area contributed by atoms with E-state index in [9.17, 15) is 14.4 Å². The number of anilines is 1. The van der Waals surface area contributed by atoms with E-state index >= 15 is 0 Å². The summed E-state index contributed by atoms with van der Waals surface area (Å²) in [5.74, 6) is -1.06. The largest absolute Gasteiger partial charge is 0.378 e. The molecule has 4 rings (SSSR count). The monoisotopic (exact) mass is 456 g/mol. The first-order valence-electron chi connectivity index (χ1n) is 10.4. The molecule has 32 heavy (non-hydrogen) atoms. The van der Waals surface area contributed by atoms with Crippen LogP contribution in [0, 0.1) is 6.92 Å². The molecule has 0 spiro atoms. The number of hydrazine groups is 1. The van der Waals surface area contributed by atoms with Crippen molar-refractivity contribution in [3.63, 3.8) is 0 Å². The number of nitrogens with zero attached hydrogens (tertiary/aromatic N) is 4. The molecule has 0 aliphatic carbocycles. The number of rotatable bonds is 5. The highest BCUT2D eigenvalue weighted by Crippen LogP contribution is 2.26. The third kappa shape index (κ3) is 4.34. The number of thiazole rings is 1. The average molecular weight is 457 g/mol. The van der Waals surface area contributed by atoms with Gasteiger partial charge in [-0.25, -0.2) is 9.67 Å². The zero-order chi connectivity index (χ0) is 22.7. The summed E-state index contributed by atoms with van der Waals surface area (Å²) in [5, 5.41) is 5.82. The van der Waals surface area contributed by atoms with Crippen molar-refractivity contribution in [2.75, 3.05) is 31.2 Å². The van der Waals surface area contributed by atoms with Gasteiger partial charge in [-0.15, -0.1) is 0 Å². The Hall–Kier alpha value is -3.31. The lowest BCUT2D eigenvalue weighted by Gasteiger charge is -2.25. The van der Waals surface area contributed by atoms with E-state index in [-0.39, 0.29) is 11.3 Å². The van der Waals surface area contributed by atoms with Crippen LogP contribution in [0.25, 0.3) is 10.8 Å². The van der Waals surface area contributed by atoms with E-state index < -0.39 is 11.8 Å². The highest BCUT2D eigenvalue weighted by Gasteiger charge is 2.22. The predicted molar refractivity (Wildman–Crippen MR) is 121 cm³/mol. The number of fused-ring (bicyclic) bond motifs is 1. The zero-order valence-corrected chi connectivity index (χ0v) is 18.7. The van der Waals surface area contributed by atoms with E-state index in [1.54, 1.807) is 31.2 Å². The molecule has 3 aromatic rings. The summed E-state index contributed by atoms with van der Waals surface area (Å²) in [6, 6.07) is 6.80. The lowest BCUT2D eigenvalue weighted by Crippen LogP contribution is -2.42. The number of amides is 2. The molecule has 2 N–H and O–H groups in total. The first-order chi connectivity index (χ1) is 15.5. The molecule has 1 aliphatic rings. The lowest BCUT2D eigenvalue weighted by molar-refractivity contribution is 0.0845. The Labute approximate surface area is 188 Å². The van der Waals surface area contributed by atoms with E-state index in [2.05, 4.69) is 25.8 Å². The number of morpholine rings is 1. The molecule has 0 saturated carbocycles. The van der Waals surface area contributed by atoms with E-state index in [0.717, 1.165) is 18.2 Å². The van der Waals surface area contributed by atoms with Crippen LogP contribution in [-0.4, -0.2) is 52.9 Å². The number of hydrogen-bond acceptors (Lipinski definition) is 8. The maximum Gasteiger partial charge on any atom is 0.290 e. The Morgan fingerprint density at radius 1 is 1.12 bits per heavy atom. The molecule has 2 aromatic heterocycles. The molecule has 1 aliphatic heterocycles. The maximum absolute atomic E-state index is 12.9. The van der Waals surface area contributed by atoms with Crippen LogP contribution in [0.5, 0.6) is 0 Å². The fourth-order valence-corrected chi connectivity index (χ4v) is 4.49. The van der Waals surface area contributed by atoms with Crippen LogP contribution in [0.1, 0.15) is 39.2 Å². The third-order valence-corrected chi connectivity index (χ3v) is 6.30. The molecular weight excluding hydrogens is 432 g/mol. The predicted octanol–water partition coefficient (Wildman–Crippen LogP) is 1.48. The normalized spacial score (nSPS) is 13.9. The highest BCUT2D eigenvalue weighted by molar-refractivity contribution is 7.17. The Kier molecular flexibility index (Phi) is 6.47. The SMILES string of the molecule is CCCn1nc(C(=O)NNC(=O)c2sc(N3CCOCC3)nc2C)c2ccccc2c1=O. The van der Waals surface area contributed by atoms with E-state index in [1.165, 1.54) is 16.0 Å². The average Bonchev–Trinajstić information content (AvgIpc) is 3.21. The summed E-state index contributed by atoms with van der Waals surface area (Å²) in [5.41, 5.74) is 5.28. The van der Waals surface area contributed by atoms with Crippen LogP contribution in [0.4, 0.5) is 5.13 Å². The van der Waals surface area contributed by atoms with Crippen LogP contribution < -0.4 is 21.3 Å². The minimum atomic E-state index is -0.602. The molecule has 3 heterocycles. The van der Waals surface area contributed by atoms with Gasteiger partial charge >= 0.3 is 0 Å². The minimum absolute atomic E-state index is 0.0731. The Bertz CT molecular complexity index is 1210. The fourth-order valence-electron chi connectivity index (χ4n) is 3.48. The summed E-state index contributed by atoms with van der Waals surface area (Å²) in [6.07, 6.45) is 0.694. The van der Waals surface area contributed by atoms with Crippen LogP contribution in [0.2, 0.25) is 0 Å². The van der Waals surface area contributed by atoms with Crippen molar-refractivity contribution < 1.29 is 14.3 Å². The molecule has 1 aromatic carbocycles. The molecule has 168 valence electrons. The summed E-state index contributed by atoms with van der Waals surface area (Å²) in [6.45, 7) is 6.75. The number of carbonyl (C=O) groups is 2. The van der Waals surface area contributed by atoms with Gasteiger partial charge in [-0.3, -0.25) is 25.2 Å². The number of aromatic nitrogens is 3. The van der Waals surface area contributed by atoms with Crippen LogP contribution in [0.3, 0.4) is 0 Å². The van der Waals surface area contributed by atoms with Gasteiger partial charge in [-0.2, -0.15) is 5.10 Å². The van der Waals surface area contributed by atoms with Crippen molar-refractivity contribution >= 4 is 39.1 Å². The minimum Gasteiger partial charge on any atom is -0.378 e. The van der Waals surface area contributed by atoms with Crippen molar-refractivity contribution in [2.45, 2.75) is 26.8 Å². The summed E-state index contributed by atoms with van der Waals surface area (Å²) in [7, 11) is 0. The molecule has 10 nitrogen and oxygen atoms in total. The van der Waals surface area contributed by atoms with Gasteiger partial charge < -0.3 is 9.64 Å². The second-order valence-electron chi connectivity index (χ2n) is 7.34. The first-order valence-corrected chi connectivity index (χ1v) is 11.2. The van der Waals surface area contributed by atoms with Crippen molar-refractivity contribution in [3.05, 3.63) is 50.9 Å². The molecule has 1 fully saturated rings. The number of ether oxygens (including phenoxy) is 1. The standard InChI is InChI=1S/C21H24N6O4S/c1-3-8-27-20(30)15-7-5-4-6-14(15)16(25-27)18(28)23-24-19(29)17-13(2)22-21(32-17)26-9-11-31-12-10-26/h4-7H,3,8-12H2,1-2H3,(H,23,28)(H,24,29). The van der Waals surface area contributed by atoms with Crippen molar-refractivity contribution in [3.8, 4) is 0 Å². The smallest absolute Gasteiger partial charge is 0.290 e. The van der Waals surface area contributed by atoms with Gasteiger partial charge in [0.1, 0.15) is 4.88 Å². The van der Waals surface area contributed by atoms with E-state index in [0.29, 0.717) is 47.5 Å². The molecule has 0 atom stereocenters. The van der Waals surface area contributed by atoms with Crippen molar-refractivity contribution in [2.24, 2.45) is 0 Å². The molecule has 0 radical (unpaired) electrons.